The molecule has 2 fully saturated rings. The minimum atomic E-state index is 0.345. The van der Waals surface area contributed by atoms with Crippen LogP contribution in [-0.2, 0) is 9.47 Å². The molecule has 2 aliphatic carbocycles. The Morgan fingerprint density at radius 1 is 0.720 bits per heavy atom. The van der Waals surface area contributed by atoms with Crippen molar-refractivity contribution in [3.63, 3.8) is 0 Å². The molecule has 0 aromatic carbocycles. The van der Waals surface area contributed by atoms with E-state index >= 15 is 0 Å². The molecule has 2 unspecified atom stereocenters. The highest BCUT2D eigenvalue weighted by molar-refractivity contribution is 7.81. The van der Waals surface area contributed by atoms with Crippen molar-refractivity contribution < 1.29 is 9.47 Å². The van der Waals surface area contributed by atoms with E-state index in [9.17, 15) is 0 Å². The van der Waals surface area contributed by atoms with E-state index in [0.29, 0.717) is 28.1 Å². The molecule has 0 amide bonds. The van der Waals surface area contributed by atoms with Crippen molar-refractivity contribution in [3.8, 4) is 0 Å². The third-order valence-electron chi connectivity index (χ3n) is 6.60. The zero-order chi connectivity index (χ0) is 18.4. The van der Waals surface area contributed by atoms with Crippen molar-refractivity contribution in [2.45, 2.75) is 102 Å². The average molecular weight is 389 g/mol. The Kier molecular flexibility index (Phi) is 8.98. The van der Waals surface area contributed by atoms with Gasteiger partial charge in [0.15, 0.2) is 0 Å². The third-order valence-corrected chi connectivity index (χ3v) is 6.90. The standard InChI is InChI=1S/C21H40O2S2/c1-15(24)13-22-19-9-5-17(6-10-19)21(3,4)18-7-11-20(12-8-18)23-14-16(2)25/h15-20,24-25H,5-14H2,1-4H3. The first-order chi connectivity index (χ1) is 11.8. The van der Waals surface area contributed by atoms with Crippen molar-refractivity contribution in [1.82, 2.24) is 0 Å². The quantitative estimate of drug-likeness (QED) is 0.512. The first-order valence-corrected chi connectivity index (χ1v) is 11.4. The molecule has 2 aliphatic rings. The minimum Gasteiger partial charge on any atom is -0.377 e. The summed E-state index contributed by atoms with van der Waals surface area (Å²) in [5.74, 6) is 1.70. The van der Waals surface area contributed by atoms with Crippen LogP contribution in [0.15, 0.2) is 0 Å². The maximum absolute atomic E-state index is 6.01. The van der Waals surface area contributed by atoms with Gasteiger partial charge in [0, 0.05) is 10.5 Å². The number of ether oxygens (including phenoxy) is 2. The van der Waals surface area contributed by atoms with Gasteiger partial charge in [0.05, 0.1) is 25.4 Å². The van der Waals surface area contributed by atoms with Gasteiger partial charge in [0.2, 0.25) is 0 Å². The smallest absolute Gasteiger partial charge is 0.0583 e. The fraction of sp³-hybridized carbons (Fsp3) is 1.00. The van der Waals surface area contributed by atoms with E-state index in [1.165, 1.54) is 51.4 Å². The molecule has 0 saturated heterocycles. The van der Waals surface area contributed by atoms with Crippen LogP contribution in [0.5, 0.6) is 0 Å². The molecule has 0 N–H and O–H groups in total. The lowest BCUT2D eigenvalue weighted by atomic mass is 9.60. The fourth-order valence-corrected chi connectivity index (χ4v) is 5.00. The summed E-state index contributed by atoms with van der Waals surface area (Å²) in [5.41, 5.74) is 0.448. The van der Waals surface area contributed by atoms with Crippen LogP contribution in [0.3, 0.4) is 0 Å². The van der Waals surface area contributed by atoms with Crippen molar-refractivity contribution >= 4 is 25.3 Å². The van der Waals surface area contributed by atoms with Crippen LogP contribution in [0, 0.1) is 17.3 Å². The molecule has 0 aromatic rings. The minimum absolute atomic E-state index is 0.345. The maximum Gasteiger partial charge on any atom is 0.0583 e. The van der Waals surface area contributed by atoms with Gasteiger partial charge in [0.25, 0.3) is 0 Å². The molecule has 2 nitrogen and oxygen atoms in total. The number of thiol groups is 2. The first kappa shape index (κ1) is 21.9. The second-order valence-corrected chi connectivity index (χ2v) is 10.9. The molecule has 2 atom stereocenters. The molecule has 0 radical (unpaired) electrons. The molecule has 0 aromatic heterocycles. The summed E-state index contributed by atoms with van der Waals surface area (Å²) in [4.78, 5) is 0. The van der Waals surface area contributed by atoms with Crippen LogP contribution >= 0.6 is 25.3 Å². The van der Waals surface area contributed by atoms with E-state index in [4.69, 9.17) is 9.47 Å². The molecular weight excluding hydrogens is 348 g/mol. The van der Waals surface area contributed by atoms with Gasteiger partial charge in [-0.1, -0.05) is 27.7 Å². The van der Waals surface area contributed by atoms with Gasteiger partial charge in [-0.3, -0.25) is 0 Å². The highest BCUT2D eigenvalue weighted by Gasteiger charge is 2.40. The predicted octanol–water partition coefficient (Wildman–Crippen LogP) is 5.80. The molecule has 2 saturated carbocycles. The van der Waals surface area contributed by atoms with Crippen LogP contribution in [0.25, 0.3) is 0 Å². The Bertz CT molecular complexity index is 334. The predicted molar refractivity (Wildman–Crippen MR) is 114 cm³/mol. The van der Waals surface area contributed by atoms with E-state index in [1.54, 1.807) is 0 Å². The summed E-state index contributed by atoms with van der Waals surface area (Å²) < 4.78 is 12.0. The summed E-state index contributed by atoms with van der Waals surface area (Å²) in [6.07, 6.45) is 11.2. The average Bonchev–Trinajstić information content (AvgIpc) is 2.59. The zero-order valence-electron chi connectivity index (χ0n) is 16.7. The monoisotopic (exact) mass is 388 g/mol. The Balaban J connectivity index is 1.75. The summed E-state index contributed by atoms with van der Waals surface area (Å²) >= 11 is 8.85. The topological polar surface area (TPSA) is 18.5 Å². The number of hydrogen-bond donors (Lipinski definition) is 2. The second kappa shape index (κ2) is 10.2. The lowest BCUT2D eigenvalue weighted by Gasteiger charge is -2.46. The molecule has 0 heterocycles. The molecule has 4 heteroatoms. The lowest BCUT2D eigenvalue weighted by Crippen LogP contribution is -2.39. The number of hydrogen-bond acceptors (Lipinski definition) is 4. The Morgan fingerprint density at radius 3 is 1.32 bits per heavy atom. The van der Waals surface area contributed by atoms with Gasteiger partial charge in [-0.05, 0) is 68.6 Å². The van der Waals surface area contributed by atoms with E-state index in [-0.39, 0.29) is 0 Å². The molecule has 2 rings (SSSR count). The Hall–Kier alpha value is 0.620. The van der Waals surface area contributed by atoms with Crippen molar-refractivity contribution in [3.05, 3.63) is 0 Å². The van der Waals surface area contributed by atoms with Gasteiger partial charge >= 0.3 is 0 Å². The molecule has 0 spiro atoms. The third kappa shape index (κ3) is 6.93. The molecular formula is C21H40O2S2. The van der Waals surface area contributed by atoms with Crippen LogP contribution in [0.4, 0.5) is 0 Å². The van der Waals surface area contributed by atoms with Crippen LogP contribution in [0.1, 0.15) is 79.1 Å². The SMILES string of the molecule is CC(S)COC1CCC(C(C)(C)C2CCC(OCC(C)S)CC2)CC1. The highest BCUT2D eigenvalue weighted by atomic mass is 32.1. The summed E-state index contributed by atoms with van der Waals surface area (Å²) in [6.45, 7) is 10.8. The Morgan fingerprint density at radius 2 is 1.04 bits per heavy atom. The van der Waals surface area contributed by atoms with Gasteiger partial charge in [0.1, 0.15) is 0 Å². The van der Waals surface area contributed by atoms with E-state index < -0.39 is 0 Å². The number of rotatable bonds is 8. The normalized spacial score (nSPS) is 33.8. The van der Waals surface area contributed by atoms with Gasteiger partial charge in [-0.25, -0.2) is 0 Å². The van der Waals surface area contributed by atoms with E-state index in [2.05, 4.69) is 53.0 Å². The molecule has 148 valence electrons. The highest BCUT2D eigenvalue weighted by Crippen LogP contribution is 2.48. The van der Waals surface area contributed by atoms with E-state index in [1.807, 2.05) is 0 Å². The summed E-state index contributed by atoms with van der Waals surface area (Å²) in [5, 5.41) is 0.689. The maximum atomic E-state index is 6.01. The van der Waals surface area contributed by atoms with Gasteiger partial charge in [-0.15, -0.1) is 0 Å². The van der Waals surface area contributed by atoms with Crippen LogP contribution in [-0.4, -0.2) is 35.9 Å². The first-order valence-electron chi connectivity index (χ1n) is 10.4. The molecule has 25 heavy (non-hydrogen) atoms. The van der Waals surface area contributed by atoms with Gasteiger partial charge in [-0.2, -0.15) is 25.3 Å². The van der Waals surface area contributed by atoms with Crippen LogP contribution < -0.4 is 0 Å². The second-order valence-electron chi connectivity index (χ2n) is 9.13. The lowest BCUT2D eigenvalue weighted by molar-refractivity contribution is -0.0339. The summed E-state index contributed by atoms with van der Waals surface area (Å²) in [7, 11) is 0. The summed E-state index contributed by atoms with van der Waals surface area (Å²) in [6, 6.07) is 0. The Labute approximate surface area is 167 Å². The molecule has 0 bridgehead atoms. The van der Waals surface area contributed by atoms with E-state index in [0.717, 1.165) is 25.0 Å². The van der Waals surface area contributed by atoms with Crippen molar-refractivity contribution in [1.29, 1.82) is 0 Å². The molecule has 0 aliphatic heterocycles. The fourth-order valence-electron chi connectivity index (χ4n) is 4.83. The van der Waals surface area contributed by atoms with Crippen molar-refractivity contribution in [2.24, 2.45) is 17.3 Å². The van der Waals surface area contributed by atoms with Crippen molar-refractivity contribution in [2.75, 3.05) is 13.2 Å². The largest absolute Gasteiger partial charge is 0.377 e. The van der Waals surface area contributed by atoms with Crippen LogP contribution in [0.2, 0.25) is 0 Å². The van der Waals surface area contributed by atoms with Gasteiger partial charge < -0.3 is 9.47 Å². The zero-order valence-corrected chi connectivity index (χ0v) is 18.5.